The van der Waals surface area contributed by atoms with Crippen LogP contribution < -0.4 is 0 Å². The van der Waals surface area contributed by atoms with E-state index in [0.29, 0.717) is 5.92 Å². The van der Waals surface area contributed by atoms with E-state index in [1.807, 2.05) is 46.0 Å². The zero-order chi connectivity index (χ0) is 18.6. The highest BCUT2D eigenvalue weighted by molar-refractivity contribution is 5.94. The molecule has 0 saturated carbocycles. The van der Waals surface area contributed by atoms with Crippen LogP contribution in [0.25, 0.3) is 5.82 Å². The van der Waals surface area contributed by atoms with E-state index in [1.165, 1.54) is 0 Å². The minimum Gasteiger partial charge on any atom is -0.339 e. The Bertz CT molecular complexity index is 913. The molecule has 0 radical (unpaired) electrons. The van der Waals surface area contributed by atoms with Crippen molar-refractivity contribution in [3.05, 3.63) is 72.2 Å². The van der Waals surface area contributed by atoms with E-state index in [2.05, 4.69) is 21.9 Å². The molecule has 1 saturated heterocycles. The Labute approximate surface area is 158 Å². The summed E-state index contributed by atoms with van der Waals surface area (Å²) in [5.41, 5.74) is 1.75. The van der Waals surface area contributed by atoms with Gasteiger partial charge in [0.1, 0.15) is 5.82 Å². The number of likely N-dealkylation sites (tertiary alicyclic amines) is 1. The topological polar surface area (TPSA) is 63.9 Å². The van der Waals surface area contributed by atoms with E-state index in [1.54, 1.807) is 18.6 Å². The Morgan fingerprint density at radius 2 is 1.78 bits per heavy atom. The summed E-state index contributed by atoms with van der Waals surface area (Å²) in [4.78, 5) is 28.2. The van der Waals surface area contributed by atoms with Crippen LogP contribution in [0.15, 0.2) is 55.1 Å². The minimum atomic E-state index is 0.108. The van der Waals surface area contributed by atoms with Crippen molar-refractivity contribution in [2.75, 3.05) is 13.1 Å². The van der Waals surface area contributed by atoms with Gasteiger partial charge in [0.25, 0.3) is 5.91 Å². The lowest BCUT2D eigenvalue weighted by Crippen LogP contribution is -2.38. The summed E-state index contributed by atoms with van der Waals surface area (Å²) >= 11 is 0. The van der Waals surface area contributed by atoms with Crippen LogP contribution in [0, 0.1) is 0 Å². The van der Waals surface area contributed by atoms with Gasteiger partial charge in [0.2, 0.25) is 0 Å². The summed E-state index contributed by atoms with van der Waals surface area (Å²) in [7, 11) is 0. The molecule has 27 heavy (non-hydrogen) atoms. The van der Waals surface area contributed by atoms with E-state index < -0.39 is 0 Å². The molecule has 0 N–H and O–H groups in total. The van der Waals surface area contributed by atoms with Gasteiger partial charge in [-0.1, -0.05) is 25.1 Å². The molecule has 0 unspecified atom stereocenters. The highest BCUT2D eigenvalue weighted by atomic mass is 16.2. The second-order valence-electron chi connectivity index (χ2n) is 6.76. The number of benzene rings is 1. The fraction of sp³-hybridized carbons (Fsp3) is 0.333. The molecule has 0 spiro atoms. The van der Waals surface area contributed by atoms with Gasteiger partial charge in [-0.15, -0.1) is 0 Å². The van der Waals surface area contributed by atoms with Crippen LogP contribution in [0.2, 0.25) is 0 Å². The second-order valence-corrected chi connectivity index (χ2v) is 6.76. The predicted molar refractivity (Wildman–Crippen MR) is 103 cm³/mol. The number of aromatic nitrogens is 4. The molecule has 2 aromatic heterocycles. The van der Waals surface area contributed by atoms with Gasteiger partial charge >= 0.3 is 0 Å². The first-order valence-electron chi connectivity index (χ1n) is 9.45. The average molecular weight is 361 g/mol. The fourth-order valence-electron chi connectivity index (χ4n) is 3.72. The standard InChI is InChI=1S/C21H23N5O/c1-2-18-22-12-15-26(18)20-19(23-10-11-24-20)16-8-13-25(14-9-16)21(27)17-6-4-3-5-7-17/h3-7,10-12,15-16H,2,8-9,13-14H2,1H3. The molecule has 3 aromatic rings. The maximum Gasteiger partial charge on any atom is 0.253 e. The molecular weight excluding hydrogens is 338 g/mol. The third-order valence-electron chi connectivity index (χ3n) is 5.16. The molecule has 0 atom stereocenters. The predicted octanol–water partition coefficient (Wildman–Crippen LogP) is 3.24. The third kappa shape index (κ3) is 3.47. The lowest BCUT2D eigenvalue weighted by Gasteiger charge is -2.32. The molecule has 0 bridgehead atoms. The zero-order valence-corrected chi connectivity index (χ0v) is 15.5. The Morgan fingerprint density at radius 1 is 1.04 bits per heavy atom. The lowest BCUT2D eigenvalue weighted by atomic mass is 9.92. The molecular formula is C21H23N5O. The SMILES string of the molecule is CCc1nccn1-c1nccnc1C1CCN(C(=O)c2ccccc2)CC1. The third-order valence-corrected chi connectivity index (χ3v) is 5.16. The average Bonchev–Trinajstić information content (AvgIpc) is 3.23. The van der Waals surface area contributed by atoms with Gasteiger partial charge in [-0.3, -0.25) is 14.3 Å². The van der Waals surface area contributed by atoms with Crippen LogP contribution in [0.3, 0.4) is 0 Å². The number of hydrogen-bond acceptors (Lipinski definition) is 4. The van der Waals surface area contributed by atoms with E-state index in [-0.39, 0.29) is 5.91 Å². The minimum absolute atomic E-state index is 0.108. The van der Waals surface area contributed by atoms with Gasteiger partial charge in [0, 0.05) is 55.8 Å². The molecule has 6 heteroatoms. The summed E-state index contributed by atoms with van der Waals surface area (Å²) in [6.07, 6.45) is 9.85. The molecule has 1 fully saturated rings. The largest absolute Gasteiger partial charge is 0.339 e. The number of imidazole rings is 1. The number of rotatable bonds is 4. The van der Waals surface area contributed by atoms with Gasteiger partial charge in [-0.2, -0.15) is 0 Å². The molecule has 138 valence electrons. The first-order valence-corrected chi connectivity index (χ1v) is 9.45. The Kier molecular flexibility index (Phi) is 4.96. The molecule has 6 nitrogen and oxygen atoms in total. The quantitative estimate of drug-likeness (QED) is 0.716. The van der Waals surface area contributed by atoms with E-state index >= 15 is 0 Å². The Balaban J connectivity index is 1.52. The number of nitrogens with zero attached hydrogens (tertiary/aromatic N) is 5. The van der Waals surface area contributed by atoms with Gasteiger partial charge in [0.05, 0.1) is 5.69 Å². The van der Waals surface area contributed by atoms with E-state index in [0.717, 1.165) is 55.3 Å². The van der Waals surface area contributed by atoms with Gasteiger partial charge in [-0.25, -0.2) is 9.97 Å². The molecule has 1 aliphatic rings. The van der Waals surface area contributed by atoms with Crippen molar-refractivity contribution < 1.29 is 4.79 Å². The maximum atomic E-state index is 12.7. The Hall–Kier alpha value is -3.02. The number of carbonyl (C=O) groups is 1. The molecule has 0 aliphatic carbocycles. The molecule has 4 rings (SSSR count). The molecule has 3 heterocycles. The smallest absolute Gasteiger partial charge is 0.253 e. The van der Waals surface area contributed by atoms with Crippen molar-refractivity contribution in [1.82, 2.24) is 24.4 Å². The second kappa shape index (κ2) is 7.70. The van der Waals surface area contributed by atoms with Crippen molar-refractivity contribution in [2.45, 2.75) is 32.1 Å². The summed E-state index contributed by atoms with van der Waals surface area (Å²) in [6.45, 7) is 3.56. The summed E-state index contributed by atoms with van der Waals surface area (Å²) in [5, 5.41) is 0. The normalized spacial score (nSPS) is 15.1. The highest BCUT2D eigenvalue weighted by Gasteiger charge is 2.27. The van der Waals surface area contributed by atoms with Gasteiger partial charge in [-0.05, 0) is 25.0 Å². The number of amides is 1. The summed E-state index contributed by atoms with van der Waals surface area (Å²) in [6, 6.07) is 9.49. The first kappa shape index (κ1) is 17.4. The zero-order valence-electron chi connectivity index (χ0n) is 15.5. The number of piperidine rings is 1. The van der Waals surface area contributed by atoms with E-state index in [4.69, 9.17) is 0 Å². The van der Waals surface area contributed by atoms with Crippen LogP contribution in [-0.2, 0) is 6.42 Å². The van der Waals surface area contributed by atoms with Crippen molar-refractivity contribution in [3.63, 3.8) is 0 Å². The lowest BCUT2D eigenvalue weighted by molar-refractivity contribution is 0.0712. The van der Waals surface area contributed by atoms with E-state index in [9.17, 15) is 4.79 Å². The first-order chi connectivity index (χ1) is 13.3. The van der Waals surface area contributed by atoms with Gasteiger partial charge in [0.15, 0.2) is 5.82 Å². The van der Waals surface area contributed by atoms with Crippen LogP contribution in [0.5, 0.6) is 0 Å². The van der Waals surface area contributed by atoms with Crippen LogP contribution in [-0.4, -0.2) is 43.4 Å². The number of hydrogen-bond donors (Lipinski definition) is 0. The molecule has 1 aliphatic heterocycles. The van der Waals surface area contributed by atoms with Crippen LogP contribution in [0.1, 0.15) is 47.6 Å². The van der Waals surface area contributed by atoms with Crippen LogP contribution in [0.4, 0.5) is 0 Å². The van der Waals surface area contributed by atoms with Gasteiger partial charge < -0.3 is 4.90 Å². The maximum absolute atomic E-state index is 12.7. The van der Waals surface area contributed by atoms with Crippen LogP contribution >= 0.6 is 0 Å². The molecule has 1 amide bonds. The number of aryl methyl sites for hydroxylation is 1. The highest BCUT2D eigenvalue weighted by Crippen LogP contribution is 2.30. The van der Waals surface area contributed by atoms with Crippen molar-refractivity contribution >= 4 is 5.91 Å². The number of carbonyl (C=O) groups excluding carboxylic acids is 1. The molecule has 1 aromatic carbocycles. The van der Waals surface area contributed by atoms with Crippen molar-refractivity contribution in [3.8, 4) is 5.82 Å². The Morgan fingerprint density at radius 3 is 2.52 bits per heavy atom. The van der Waals surface area contributed by atoms with Crippen molar-refractivity contribution in [1.29, 1.82) is 0 Å². The summed E-state index contributed by atoms with van der Waals surface area (Å²) < 4.78 is 2.03. The monoisotopic (exact) mass is 361 g/mol. The summed E-state index contributed by atoms with van der Waals surface area (Å²) in [5.74, 6) is 2.24. The fourth-order valence-corrected chi connectivity index (χ4v) is 3.72. The van der Waals surface area contributed by atoms with Crippen molar-refractivity contribution in [2.24, 2.45) is 0 Å².